The van der Waals surface area contributed by atoms with Crippen LogP contribution < -0.4 is 0 Å². The number of benzene rings is 1. The van der Waals surface area contributed by atoms with E-state index >= 15 is 0 Å². The van der Waals surface area contributed by atoms with Crippen molar-refractivity contribution in [1.29, 1.82) is 0 Å². The Kier molecular flexibility index (Phi) is 5.35. The number of aliphatic hydroxyl groups is 1. The summed E-state index contributed by atoms with van der Waals surface area (Å²) in [6.45, 7) is 15.8. The highest BCUT2D eigenvalue weighted by Crippen LogP contribution is 2.35. The van der Waals surface area contributed by atoms with Gasteiger partial charge in [0.15, 0.2) is 0 Å². The first-order valence-electron chi connectivity index (χ1n) is 9.48. The monoisotopic (exact) mass is 353 g/mol. The average Bonchev–Trinajstić information content (AvgIpc) is 2.84. The van der Waals surface area contributed by atoms with Crippen molar-refractivity contribution in [3.05, 3.63) is 64.5 Å². The van der Waals surface area contributed by atoms with Gasteiger partial charge in [-0.05, 0) is 51.7 Å². The van der Waals surface area contributed by atoms with Gasteiger partial charge in [0, 0.05) is 30.9 Å². The van der Waals surface area contributed by atoms with E-state index in [0.717, 1.165) is 55.9 Å². The molecular weight excluding hydrogens is 322 g/mol. The molecule has 1 aliphatic heterocycles. The maximum Gasteiger partial charge on any atom is 0.0923 e. The summed E-state index contributed by atoms with van der Waals surface area (Å²) >= 11 is 0. The lowest BCUT2D eigenvalue weighted by atomic mass is 9.82. The number of piperidine rings is 1. The van der Waals surface area contributed by atoms with Gasteiger partial charge in [-0.3, -0.25) is 9.58 Å². The van der Waals surface area contributed by atoms with E-state index in [1.165, 1.54) is 16.8 Å². The van der Waals surface area contributed by atoms with Gasteiger partial charge in [-0.25, -0.2) is 0 Å². The van der Waals surface area contributed by atoms with E-state index in [9.17, 15) is 5.11 Å². The number of likely N-dealkylation sites (tertiary alicyclic amines) is 1. The summed E-state index contributed by atoms with van der Waals surface area (Å²) in [4.78, 5) is 2.44. The molecule has 0 saturated carbocycles. The molecule has 2 aromatic rings. The molecule has 0 spiro atoms. The Balaban J connectivity index is 1.69. The number of aromatic nitrogens is 2. The molecule has 4 heteroatoms. The van der Waals surface area contributed by atoms with Gasteiger partial charge in [0.1, 0.15) is 0 Å². The summed E-state index contributed by atoms with van der Waals surface area (Å²) in [7, 11) is 0. The summed E-state index contributed by atoms with van der Waals surface area (Å²) in [6, 6.07) is 8.21. The van der Waals surface area contributed by atoms with Crippen LogP contribution in [-0.2, 0) is 18.7 Å². The topological polar surface area (TPSA) is 41.3 Å². The minimum absolute atomic E-state index is 0.698. The standard InChI is InChI=1S/C22H31N3O/c1-16(2)14-25-19(5)20(18(4)23-25)15-24-12-10-22(26,11-13-24)21-9-7-6-8-17(21)3/h6-9,26H,1,10-15H2,2-5H3. The molecule has 0 unspecified atom stereocenters. The van der Waals surface area contributed by atoms with Gasteiger partial charge in [0.25, 0.3) is 0 Å². The molecule has 0 aliphatic carbocycles. The second-order valence-corrected chi connectivity index (χ2v) is 7.89. The highest BCUT2D eigenvalue weighted by molar-refractivity contribution is 5.32. The molecule has 1 aromatic carbocycles. The number of nitrogens with zero attached hydrogens (tertiary/aromatic N) is 3. The quantitative estimate of drug-likeness (QED) is 0.830. The summed E-state index contributed by atoms with van der Waals surface area (Å²) in [6.07, 6.45) is 1.55. The highest BCUT2D eigenvalue weighted by atomic mass is 16.3. The van der Waals surface area contributed by atoms with Gasteiger partial charge in [-0.15, -0.1) is 0 Å². The van der Waals surface area contributed by atoms with E-state index in [1.807, 2.05) is 19.1 Å². The molecule has 0 atom stereocenters. The SMILES string of the molecule is C=C(C)Cn1nc(C)c(CN2CCC(O)(c3ccccc3C)CC2)c1C. The van der Waals surface area contributed by atoms with E-state index in [0.29, 0.717) is 0 Å². The zero-order valence-corrected chi connectivity index (χ0v) is 16.5. The van der Waals surface area contributed by atoms with E-state index < -0.39 is 5.60 Å². The molecule has 2 heterocycles. The lowest BCUT2D eigenvalue weighted by Gasteiger charge is -2.39. The van der Waals surface area contributed by atoms with E-state index in [-0.39, 0.29) is 0 Å². The van der Waals surface area contributed by atoms with Crippen molar-refractivity contribution in [3.8, 4) is 0 Å². The smallest absolute Gasteiger partial charge is 0.0923 e. The number of hydrogen-bond donors (Lipinski definition) is 1. The van der Waals surface area contributed by atoms with Gasteiger partial charge in [-0.2, -0.15) is 5.10 Å². The molecule has 3 rings (SSSR count). The molecule has 0 radical (unpaired) electrons. The Bertz CT molecular complexity index is 798. The van der Waals surface area contributed by atoms with Gasteiger partial charge < -0.3 is 5.11 Å². The molecule has 1 saturated heterocycles. The van der Waals surface area contributed by atoms with E-state index in [1.54, 1.807) is 0 Å². The summed E-state index contributed by atoms with van der Waals surface area (Å²) < 4.78 is 2.06. The normalized spacial score (nSPS) is 17.4. The maximum absolute atomic E-state index is 11.2. The average molecular weight is 354 g/mol. The van der Waals surface area contributed by atoms with Crippen molar-refractivity contribution in [3.63, 3.8) is 0 Å². The predicted octanol–water partition coefficient (Wildman–Crippen LogP) is 3.87. The van der Waals surface area contributed by atoms with Crippen LogP contribution in [0.4, 0.5) is 0 Å². The Hall–Kier alpha value is -1.91. The molecule has 0 bridgehead atoms. The van der Waals surface area contributed by atoms with Crippen molar-refractivity contribution in [2.45, 2.75) is 59.2 Å². The third-order valence-electron chi connectivity index (χ3n) is 5.66. The van der Waals surface area contributed by atoms with Crippen molar-refractivity contribution in [2.24, 2.45) is 0 Å². The molecule has 1 fully saturated rings. The lowest BCUT2D eigenvalue weighted by Crippen LogP contribution is -2.42. The van der Waals surface area contributed by atoms with Crippen LogP contribution in [0.2, 0.25) is 0 Å². The van der Waals surface area contributed by atoms with Crippen LogP contribution in [0.25, 0.3) is 0 Å². The molecule has 26 heavy (non-hydrogen) atoms. The molecule has 1 N–H and O–H groups in total. The lowest BCUT2D eigenvalue weighted by molar-refractivity contribution is -0.0282. The van der Waals surface area contributed by atoms with Gasteiger partial charge in [0.05, 0.1) is 17.8 Å². The Morgan fingerprint density at radius 3 is 2.46 bits per heavy atom. The predicted molar refractivity (Wildman–Crippen MR) is 106 cm³/mol. The van der Waals surface area contributed by atoms with Gasteiger partial charge >= 0.3 is 0 Å². The minimum Gasteiger partial charge on any atom is -0.385 e. The number of aryl methyl sites for hydroxylation is 2. The molecule has 1 aromatic heterocycles. The Labute approximate surface area is 157 Å². The van der Waals surface area contributed by atoms with Crippen molar-refractivity contribution in [2.75, 3.05) is 13.1 Å². The molecular formula is C22H31N3O. The van der Waals surface area contributed by atoms with Crippen molar-refractivity contribution < 1.29 is 5.11 Å². The molecule has 0 amide bonds. The summed E-state index contributed by atoms with van der Waals surface area (Å²) in [5, 5.41) is 15.9. The summed E-state index contributed by atoms with van der Waals surface area (Å²) in [5.41, 5.74) is 6.32. The van der Waals surface area contributed by atoms with E-state index in [2.05, 4.69) is 54.2 Å². The maximum atomic E-state index is 11.2. The van der Waals surface area contributed by atoms with Crippen LogP contribution >= 0.6 is 0 Å². The highest BCUT2D eigenvalue weighted by Gasteiger charge is 2.35. The first-order chi connectivity index (χ1) is 12.3. The molecule has 140 valence electrons. The fourth-order valence-electron chi connectivity index (χ4n) is 4.04. The van der Waals surface area contributed by atoms with Crippen LogP contribution in [0.15, 0.2) is 36.4 Å². The largest absolute Gasteiger partial charge is 0.385 e. The van der Waals surface area contributed by atoms with Crippen LogP contribution in [0.1, 0.15) is 47.8 Å². The van der Waals surface area contributed by atoms with E-state index in [4.69, 9.17) is 0 Å². The van der Waals surface area contributed by atoms with Crippen LogP contribution in [0.3, 0.4) is 0 Å². The second kappa shape index (κ2) is 7.37. The second-order valence-electron chi connectivity index (χ2n) is 7.89. The third kappa shape index (κ3) is 3.76. The fourth-order valence-corrected chi connectivity index (χ4v) is 4.04. The first kappa shape index (κ1) is 18.9. The van der Waals surface area contributed by atoms with Gasteiger partial charge in [0.2, 0.25) is 0 Å². The number of hydrogen-bond acceptors (Lipinski definition) is 3. The summed E-state index contributed by atoms with van der Waals surface area (Å²) in [5.74, 6) is 0. The van der Waals surface area contributed by atoms with Crippen LogP contribution in [-0.4, -0.2) is 32.9 Å². The minimum atomic E-state index is -0.698. The Morgan fingerprint density at radius 2 is 1.85 bits per heavy atom. The fraction of sp³-hybridized carbons (Fsp3) is 0.500. The zero-order valence-electron chi connectivity index (χ0n) is 16.5. The Morgan fingerprint density at radius 1 is 1.19 bits per heavy atom. The van der Waals surface area contributed by atoms with Gasteiger partial charge in [-0.1, -0.05) is 36.4 Å². The van der Waals surface area contributed by atoms with Crippen LogP contribution in [0.5, 0.6) is 0 Å². The zero-order chi connectivity index (χ0) is 18.9. The molecule has 4 nitrogen and oxygen atoms in total. The first-order valence-corrected chi connectivity index (χ1v) is 9.48. The number of allylic oxidation sites excluding steroid dienone is 1. The van der Waals surface area contributed by atoms with Crippen LogP contribution in [0, 0.1) is 20.8 Å². The third-order valence-corrected chi connectivity index (χ3v) is 5.66. The molecule has 1 aliphatic rings. The van der Waals surface area contributed by atoms with Crippen molar-refractivity contribution >= 4 is 0 Å². The van der Waals surface area contributed by atoms with Crippen molar-refractivity contribution in [1.82, 2.24) is 14.7 Å². The number of rotatable bonds is 5.